The number of amides is 2. The van der Waals surface area contributed by atoms with Crippen LogP contribution in [0.4, 0.5) is 0 Å². The Labute approximate surface area is 162 Å². The van der Waals surface area contributed by atoms with Gasteiger partial charge in [-0.1, -0.05) is 6.92 Å². The lowest BCUT2D eigenvalue weighted by molar-refractivity contribution is -0.121. The summed E-state index contributed by atoms with van der Waals surface area (Å²) in [5, 5.41) is 3.12. The second kappa shape index (κ2) is 9.40. The van der Waals surface area contributed by atoms with Crippen molar-refractivity contribution < 1.29 is 14.0 Å². The molecule has 0 aliphatic carbocycles. The van der Waals surface area contributed by atoms with E-state index in [2.05, 4.69) is 17.1 Å². The Balaban J connectivity index is 1.34. The van der Waals surface area contributed by atoms with Gasteiger partial charge >= 0.3 is 0 Å². The molecule has 0 radical (unpaired) electrons. The van der Waals surface area contributed by atoms with Gasteiger partial charge in [0.25, 0.3) is 5.91 Å². The molecule has 1 N–H and O–H groups in total. The van der Waals surface area contributed by atoms with E-state index in [1.54, 1.807) is 12.3 Å². The Kier molecular flexibility index (Phi) is 6.94. The molecule has 27 heavy (non-hydrogen) atoms. The van der Waals surface area contributed by atoms with E-state index in [4.69, 9.17) is 4.42 Å². The van der Waals surface area contributed by atoms with Crippen molar-refractivity contribution in [3.8, 4) is 0 Å². The number of piperidine rings is 1. The minimum Gasteiger partial charge on any atom is -0.469 e. The topological polar surface area (TPSA) is 65.8 Å². The molecule has 6 nitrogen and oxygen atoms in total. The van der Waals surface area contributed by atoms with Crippen molar-refractivity contribution in [3.63, 3.8) is 0 Å². The zero-order valence-electron chi connectivity index (χ0n) is 16.7. The molecule has 3 heterocycles. The average molecular weight is 376 g/mol. The molecule has 3 rings (SSSR count). The van der Waals surface area contributed by atoms with Crippen LogP contribution in [0.15, 0.2) is 16.7 Å². The smallest absolute Gasteiger partial charge is 0.257 e. The van der Waals surface area contributed by atoms with Crippen LogP contribution in [0.5, 0.6) is 0 Å². The van der Waals surface area contributed by atoms with Gasteiger partial charge in [0.05, 0.1) is 11.8 Å². The first-order valence-corrected chi connectivity index (χ1v) is 10.4. The maximum absolute atomic E-state index is 12.5. The molecule has 1 aromatic rings. The molecular formula is C21H33N3O3. The minimum atomic E-state index is 0.0643. The van der Waals surface area contributed by atoms with E-state index < -0.39 is 0 Å². The second-order valence-corrected chi connectivity index (χ2v) is 7.89. The van der Waals surface area contributed by atoms with Gasteiger partial charge in [0.15, 0.2) is 0 Å². The van der Waals surface area contributed by atoms with Gasteiger partial charge in [-0.15, -0.1) is 0 Å². The summed E-state index contributed by atoms with van der Waals surface area (Å²) in [5.74, 6) is 1.45. The van der Waals surface area contributed by atoms with Crippen LogP contribution in [0.1, 0.15) is 61.6 Å². The molecule has 2 fully saturated rings. The van der Waals surface area contributed by atoms with Crippen molar-refractivity contribution >= 4 is 11.8 Å². The third-order valence-electron chi connectivity index (χ3n) is 6.21. The molecular weight excluding hydrogens is 342 g/mol. The Morgan fingerprint density at radius 3 is 2.67 bits per heavy atom. The van der Waals surface area contributed by atoms with Crippen LogP contribution in [0.3, 0.4) is 0 Å². The number of carbonyl (C=O) groups excluding carboxylic acids is 2. The molecule has 1 atom stereocenters. The Morgan fingerprint density at radius 2 is 2.00 bits per heavy atom. The van der Waals surface area contributed by atoms with E-state index in [1.165, 1.54) is 12.8 Å². The normalized spacial score (nSPS) is 21.6. The molecule has 150 valence electrons. The number of hydrogen-bond acceptors (Lipinski definition) is 4. The second-order valence-electron chi connectivity index (χ2n) is 7.89. The highest BCUT2D eigenvalue weighted by atomic mass is 16.3. The molecule has 2 saturated heterocycles. The number of rotatable bonds is 7. The lowest BCUT2D eigenvalue weighted by atomic mass is 9.91. The highest BCUT2D eigenvalue weighted by Crippen LogP contribution is 2.24. The summed E-state index contributed by atoms with van der Waals surface area (Å²) in [6.07, 6.45) is 7.46. The van der Waals surface area contributed by atoms with Crippen LogP contribution in [-0.2, 0) is 4.79 Å². The Hall–Kier alpha value is -1.82. The summed E-state index contributed by atoms with van der Waals surface area (Å²) in [5.41, 5.74) is 0.667. The predicted molar refractivity (Wildman–Crippen MR) is 105 cm³/mol. The van der Waals surface area contributed by atoms with Gasteiger partial charge in [-0.25, -0.2) is 0 Å². The maximum Gasteiger partial charge on any atom is 0.257 e. The van der Waals surface area contributed by atoms with Gasteiger partial charge in [-0.3, -0.25) is 14.5 Å². The number of furan rings is 1. The maximum atomic E-state index is 12.5. The minimum absolute atomic E-state index is 0.0643. The van der Waals surface area contributed by atoms with Gasteiger partial charge < -0.3 is 14.6 Å². The van der Waals surface area contributed by atoms with Crippen molar-refractivity contribution in [2.24, 2.45) is 5.92 Å². The zero-order chi connectivity index (χ0) is 19.2. The molecule has 2 aliphatic rings. The Morgan fingerprint density at radius 1 is 1.22 bits per heavy atom. The fourth-order valence-electron chi connectivity index (χ4n) is 4.40. The van der Waals surface area contributed by atoms with Gasteiger partial charge in [0, 0.05) is 32.1 Å². The van der Waals surface area contributed by atoms with Gasteiger partial charge in [0.1, 0.15) is 5.76 Å². The average Bonchev–Trinajstić information content (AvgIpc) is 3.32. The molecule has 6 heteroatoms. The molecule has 0 bridgehead atoms. The monoisotopic (exact) mass is 375 g/mol. The van der Waals surface area contributed by atoms with E-state index in [1.807, 2.05) is 11.8 Å². The lowest BCUT2D eigenvalue weighted by Crippen LogP contribution is -2.40. The number of likely N-dealkylation sites (tertiary alicyclic amines) is 2. The molecule has 0 unspecified atom stereocenters. The van der Waals surface area contributed by atoms with E-state index >= 15 is 0 Å². The fraction of sp³-hybridized carbons (Fsp3) is 0.714. The SMILES string of the molecule is CCN1CCC[C@@H]1CNC(=O)CCC1CCN(C(=O)c2ccoc2C)CC1. The van der Waals surface area contributed by atoms with Crippen LogP contribution >= 0.6 is 0 Å². The first-order chi connectivity index (χ1) is 13.1. The zero-order valence-corrected chi connectivity index (χ0v) is 16.7. The van der Waals surface area contributed by atoms with Gasteiger partial charge in [-0.05, 0) is 64.1 Å². The number of aryl methyl sites for hydroxylation is 1. The van der Waals surface area contributed by atoms with Crippen molar-refractivity contribution in [1.29, 1.82) is 0 Å². The first-order valence-electron chi connectivity index (χ1n) is 10.4. The van der Waals surface area contributed by atoms with Gasteiger partial charge in [-0.2, -0.15) is 0 Å². The highest BCUT2D eigenvalue weighted by Gasteiger charge is 2.26. The summed E-state index contributed by atoms with van der Waals surface area (Å²) >= 11 is 0. The predicted octanol–water partition coefficient (Wildman–Crippen LogP) is 2.82. The third kappa shape index (κ3) is 5.12. The summed E-state index contributed by atoms with van der Waals surface area (Å²) in [4.78, 5) is 29.1. The van der Waals surface area contributed by atoms with Crippen molar-refractivity contribution in [2.75, 3.05) is 32.7 Å². The summed E-state index contributed by atoms with van der Waals surface area (Å²) < 4.78 is 5.24. The van der Waals surface area contributed by atoms with E-state index in [-0.39, 0.29) is 11.8 Å². The summed E-state index contributed by atoms with van der Waals surface area (Å²) in [7, 11) is 0. The standard InChI is InChI=1S/C21H33N3O3/c1-3-23-11-4-5-18(23)15-22-20(25)7-6-17-8-12-24(13-9-17)21(26)19-10-14-27-16(19)2/h10,14,17-18H,3-9,11-13,15H2,1-2H3,(H,22,25)/t18-/m1/s1. The fourth-order valence-corrected chi connectivity index (χ4v) is 4.40. The van der Waals surface area contributed by atoms with Crippen LogP contribution in [0.2, 0.25) is 0 Å². The highest BCUT2D eigenvalue weighted by molar-refractivity contribution is 5.95. The van der Waals surface area contributed by atoms with Crippen LogP contribution < -0.4 is 5.32 Å². The number of carbonyl (C=O) groups is 2. The van der Waals surface area contributed by atoms with Crippen molar-refractivity contribution in [3.05, 3.63) is 23.7 Å². The first kappa shape index (κ1) is 19.9. The Bertz CT molecular complexity index is 634. The molecule has 2 amide bonds. The van der Waals surface area contributed by atoms with Crippen LogP contribution in [0, 0.1) is 12.8 Å². The van der Waals surface area contributed by atoms with Gasteiger partial charge in [0.2, 0.25) is 5.91 Å². The molecule has 1 aromatic heterocycles. The van der Waals surface area contributed by atoms with Crippen molar-refractivity contribution in [2.45, 2.75) is 58.4 Å². The number of hydrogen-bond donors (Lipinski definition) is 1. The summed E-state index contributed by atoms with van der Waals surface area (Å²) in [6.45, 7) is 8.55. The van der Waals surface area contributed by atoms with Crippen LogP contribution in [0.25, 0.3) is 0 Å². The lowest BCUT2D eigenvalue weighted by Gasteiger charge is -2.32. The molecule has 0 saturated carbocycles. The summed E-state index contributed by atoms with van der Waals surface area (Å²) in [6, 6.07) is 2.26. The molecule has 2 aliphatic heterocycles. The van der Waals surface area contributed by atoms with E-state index in [0.717, 1.165) is 52.0 Å². The third-order valence-corrected chi connectivity index (χ3v) is 6.21. The largest absolute Gasteiger partial charge is 0.469 e. The van der Waals surface area contributed by atoms with E-state index in [9.17, 15) is 9.59 Å². The van der Waals surface area contributed by atoms with Crippen LogP contribution in [-0.4, -0.2) is 60.4 Å². The molecule has 0 aromatic carbocycles. The quantitative estimate of drug-likeness (QED) is 0.796. The molecule has 0 spiro atoms. The van der Waals surface area contributed by atoms with Crippen molar-refractivity contribution in [1.82, 2.24) is 15.1 Å². The number of likely N-dealkylation sites (N-methyl/N-ethyl adjacent to an activating group) is 1. The van der Waals surface area contributed by atoms with E-state index in [0.29, 0.717) is 29.7 Å². The number of nitrogens with zero attached hydrogens (tertiary/aromatic N) is 2. The number of nitrogens with one attached hydrogen (secondary N) is 1.